The van der Waals surface area contributed by atoms with Crippen LogP contribution < -0.4 is 16.4 Å². The van der Waals surface area contributed by atoms with Crippen LogP contribution in [0.25, 0.3) is 11.2 Å². The van der Waals surface area contributed by atoms with Crippen LogP contribution in [0.4, 0.5) is 30.8 Å². The predicted octanol–water partition coefficient (Wildman–Crippen LogP) is 5.33. The topological polar surface area (TPSA) is 93.7 Å². The Balaban J connectivity index is 1.69. The van der Waals surface area contributed by atoms with Crippen LogP contribution in [0.2, 0.25) is 5.02 Å². The van der Waals surface area contributed by atoms with E-state index in [4.69, 9.17) is 17.3 Å². The van der Waals surface area contributed by atoms with E-state index in [1.807, 2.05) is 11.5 Å². The van der Waals surface area contributed by atoms with Gasteiger partial charge in [0.15, 0.2) is 5.65 Å². The highest BCUT2D eigenvalue weighted by Crippen LogP contribution is 2.34. The third-order valence-corrected chi connectivity index (χ3v) is 5.68. The van der Waals surface area contributed by atoms with Crippen molar-refractivity contribution in [1.82, 2.24) is 19.5 Å². The summed E-state index contributed by atoms with van der Waals surface area (Å²) in [7, 11) is 0. The van der Waals surface area contributed by atoms with E-state index in [9.17, 15) is 13.2 Å². The second-order valence-electron chi connectivity index (χ2n) is 8.23. The molecule has 4 rings (SSSR count). The van der Waals surface area contributed by atoms with Crippen molar-refractivity contribution < 1.29 is 13.2 Å². The molecule has 0 radical (unpaired) electrons. The van der Waals surface area contributed by atoms with Gasteiger partial charge in [0.05, 0.1) is 11.8 Å². The van der Waals surface area contributed by atoms with Crippen molar-refractivity contribution in [2.24, 2.45) is 5.73 Å². The van der Waals surface area contributed by atoms with E-state index in [0.717, 1.165) is 25.0 Å². The molecule has 4 N–H and O–H groups in total. The molecule has 11 heteroatoms. The quantitative estimate of drug-likeness (QED) is 0.434. The predicted molar refractivity (Wildman–Crippen MR) is 119 cm³/mol. The summed E-state index contributed by atoms with van der Waals surface area (Å²) in [4.78, 5) is 13.5. The van der Waals surface area contributed by atoms with Gasteiger partial charge < -0.3 is 16.4 Å². The molecular weight excluding hydrogens is 443 g/mol. The lowest BCUT2D eigenvalue weighted by Gasteiger charge is -2.14. The lowest BCUT2D eigenvalue weighted by Crippen LogP contribution is -2.19. The number of hydrogen-bond acceptors (Lipinski definition) is 6. The first-order chi connectivity index (χ1) is 15.2. The molecule has 1 fully saturated rings. The van der Waals surface area contributed by atoms with Crippen LogP contribution in [0.5, 0.6) is 0 Å². The first kappa shape index (κ1) is 22.6. The fraction of sp³-hybridized carbons (Fsp3) is 0.476. The van der Waals surface area contributed by atoms with Crippen LogP contribution in [0, 0.1) is 0 Å². The number of halogens is 4. The van der Waals surface area contributed by atoms with Crippen molar-refractivity contribution in [3.8, 4) is 0 Å². The Morgan fingerprint density at radius 2 is 1.97 bits per heavy atom. The van der Waals surface area contributed by atoms with Crippen molar-refractivity contribution >= 4 is 40.3 Å². The maximum Gasteiger partial charge on any atom is 0.416 e. The molecule has 1 aliphatic rings. The van der Waals surface area contributed by atoms with Gasteiger partial charge in [0.1, 0.15) is 5.52 Å². The summed E-state index contributed by atoms with van der Waals surface area (Å²) in [5.74, 6) is 0.864. The molecule has 1 atom stereocenters. The first-order valence-corrected chi connectivity index (χ1v) is 11.0. The second-order valence-corrected chi connectivity index (χ2v) is 8.67. The Bertz CT molecular complexity index is 1090. The minimum atomic E-state index is -4.51. The maximum absolute atomic E-state index is 13.2. The molecule has 0 amide bonds. The Hall–Kier alpha value is -2.59. The lowest BCUT2D eigenvalue weighted by molar-refractivity contribution is -0.137. The van der Waals surface area contributed by atoms with Crippen LogP contribution in [0.3, 0.4) is 0 Å². The van der Waals surface area contributed by atoms with E-state index in [-0.39, 0.29) is 16.8 Å². The van der Waals surface area contributed by atoms with Gasteiger partial charge >= 0.3 is 6.18 Å². The summed E-state index contributed by atoms with van der Waals surface area (Å²) in [6.07, 6.45) is 2.26. The van der Waals surface area contributed by atoms with E-state index in [2.05, 4.69) is 25.6 Å². The summed E-state index contributed by atoms with van der Waals surface area (Å²) in [6.45, 7) is 2.38. The summed E-state index contributed by atoms with van der Waals surface area (Å²) < 4.78 is 41.4. The number of nitrogens with two attached hydrogens (primary N) is 1. The highest BCUT2D eigenvalue weighted by molar-refractivity contribution is 6.31. The molecule has 1 aromatic carbocycles. The summed E-state index contributed by atoms with van der Waals surface area (Å²) in [6, 6.07) is 3.59. The number of nitrogens with zero attached hydrogens (tertiary/aromatic N) is 4. The summed E-state index contributed by atoms with van der Waals surface area (Å²) >= 11 is 5.93. The Labute approximate surface area is 188 Å². The van der Waals surface area contributed by atoms with Gasteiger partial charge in [-0.2, -0.15) is 18.2 Å². The Morgan fingerprint density at radius 1 is 1.22 bits per heavy atom. The standard InChI is InChI=1S/C21H25ClF3N7/c1-12(26)6-7-32-18-17(11-27-19(31-18)28-15-4-2-3-5-15)30-20(32)29-16-9-13(21(23,24)25)8-14(22)10-16/h8-12,15H,2-7,26H2,1H3,(H,29,30)(H,27,28,31). The molecule has 1 unspecified atom stereocenters. The summed E-state index contributed by atoms with van der Waals surface area (Å²) in [5, 5.41) is 6.31. The number of fused-ring (bicyclic) bond motifs is 1. The molecule has 1 saturated carbocycles. The molecule has 0 saturated heterocycles. The maximum atomic E-state index is 13.2. The van der Waals surface area contributed by atoms with Gasteiger partial charge in [-0.15, -0.1) is 0 Å². The van der Waals surface area contributed by atoms with Crippen LogP contribution in [0.1, 0.15) is 44.6 Å². The number of hydrogen-bond donors (Lipinski definition) is 3. The molecule has 2 aromatic heterocycles. The van der Waals surface area contributed by atoms with Crippen LogP contribution in [-0.4, -0.2) is 31.6 Å². The highest BCUT2D eigenvalue weighted by Gasteiger charge is 2.31. The van der Waals surface area contributed by atoms with Crippen LogP contribution in [-0.2, 0) is 12.7 Å². The van der Waals surface area contributed by atoms with Gasteiger partial charge in [-0.25, -0.2) is 9.97 Å². The third-order valence-electron chi connectivity index (χ3n) is 5.47. The van der Waals surface area contributed by atoms with Crippen molar-refractivity contribution in [3.63, 3.8) is 0 Å². The van der Waals surface area contributed by atoms with E-state index < -0.39 is 11.7 Å². The number of imidazole rings is 1. The zero-order valence-electron chi connectivity index (χ0n) is 17.6. The van der Waals surface area contributed by atoms with Gasteiger partial charge in [-0.1, -0.05) is 24.4 Å². The molecule has 2 heterocycles. The molecule has 172 valence electrons. The molecule has 3 aromatic rings. The number of anilines is 3. The van der Waals surface area contributed by atoms with Gasteiger partial charge in [0.2, 0.25) is 11.9 Å². The van der Waals surface area contributed by atoms with Crippen molar-refractivity contribution in [3.05, 3.63) is 35.0 Å². The van der Waals surface area contributed by atoms with Crippen molar-refractivity contribution in [2.75, 3.05) is 10.6 Å². The normalized spacial score (nSPS) is 15.9. The second kappa shape index (κ2) is 9.11. The molecular formula is C21H25ClF3N7. The zero-order chi connectivity index (χ0) is 22.9. The number of alkyl halides is 3. The molecule has 0 spiro atoms. The average Bonchev–Trinajstić information content (AvgIpc) is 3.32. The van der Waals surface area contributed by atoms with Gasteiger partial charge in [0, 0.05) is 29.3 Å². The fourth-order valence-electron chi connectivity index (χ4n) is 3.84. The molecule has 7 nitrogen and oxygen atoms in total. The zero-order valence-corrected chi connectivity index (χ0v) is 18.3. The lowest BCUT2D eigenvalue weighted by atomic mass is 10.2. The minimum absolute atomic E-state index is 0.0246. The van der Waals surface area contributed by atoms with Gasteiger partial charge in [-0.05, 0) is 44.4 Å². The fourth-order valence-corrected chi connectivity index (χ4v) is 4.07. The Morgan fingerprint density at radius 3 is 2.66 bits per heavy atom. The Kier molecular flexibility index (Phi) is 6.43. The number of benzene rings is 1. The van der Waals surface area contributed by atoms with E-state index in [1.165, 1.54) is 18.9 Å². The number of nitrogens with one attached hydrogen (secondary N) is 2. The number of aromatic nitrogens is 4. The van der Waals surface area contributed by atoms with Gasteiger partial charge in [0.25, 0.3) is 0 Å². The van der Waals surface area contributed by atoms with Crippen molar-refractivity contribution in [1.29, 1.82) is 0 Å². The van der Waals surface area contributed by atoms with Crippen LogP contribution >= 0.6 is 11.6 Å². The summed E-state index contributed by atoms with van der Waals surface area (Å²) in [5.41, 5.74) is 6.40. The minimum Gasteiger partial charge on any atom is -0.351 e. The molecule has 0 aliphatic heterocycles. The number of rotatable bonds is 7. The highest BCUT2D eigenvalue weighted by atomic mass is 35.5. The van der Waals surface area contributed by atoms with Crippen LogP contribution in [0.15, 0.2) is 24.4 Å². The SMILES string of the molecule is CC(N)CCn1c(Nc2cc(Cl)cc(C(F)(F)F)c2)nc2cnc(NC3CCCC3)nc21. The molecule has 0 bridgehead atoms. The number of aryl methyl sites for hydroxylation is 1. The molecule has 1 aliphatic carbocycles. The van der Waals surface area contributed by atoms with Gasteiger partial charge in [-0.3, -0.25) is 4.57 Å². The largest absolute Gasteiger partial charge is 0.416 e. The average molecular weight is 468 g/mol. The third kappa shape index (κ3) is 5.24. The van der Waals surface area contributed by atoms with E-state index in [1.54, 1.807) is 6.20 Å². The first-order valence-electron chi connectivity index (χ1n) is 10.6. The van der Waals surface area contributed by atoms with E-state index >= 15 is 0 Å². The van der Waals surface area contributed by atoms with Crippen molar-refractivity contribution in [2.45, 2.75) is 63.8 Å². The smallest absolute Gasteiger partial charge is 0.351 e. The molecule has 32 heavy (non-hydrogen) atoms. The van der Waals surface area contributed by atoms with E-state index in [0.29, 0.717) is 42.1 Å². The monoisotopic (exact) mass is 467 g/mol.